The number of morpholine rings is 1. The molecule has 0 saturated carbocycles. The second kappa shape index (κ2) is 8.65. The van der Waals surface area contributed by atoms with Crippen LogP contribution in [-0.4, -0.2) is 41.3 Å². The summed E-state index contributed by atoms with van der Waals surface area (Å²) < 4.78 is 18.8. The Balaban J connectivity index is 1.55. The molecule has 0 radical (unpaired) electrons. The highest BCUT2D eigenvalue weighted by Gasteiger charge is 2.17. The summed E-state index contributed by atoms with van der Waals surface area (Å²) >= 11 is 0. The molecule has 1 aliphatic rings. The maximum atomic E-state index is 13.3. The van der Waals surface area contributed by atoms with Gasteiger partial charge in [-0.2, -0.15) is 4.98 Å². The van der Waals surface area contributed by atoms with Crippen LogP contribution in [0.15, 0.2) is 66.9 Å². The lowest BCUT2D eigenvalue weighted by molar-refractivity contribution is 0.122. The molecule has 0 bridgehead atoms. The third-order valence-corrected chi connectivity index (χ3v) is 5.32. The van der Waals surface area contributed by atoms with E-state index < -0.39 is 0 Å². The van der Waals surface area contributed by atoms with Crippen LogP contribution in [0, 0.1) is 5.82 Å². The van der Waals surface area contributed by atoms with Crippen molar-refractivity contribution in [3.05, 3.63) is 78.4 Å². The Kier molecular flexibility index (Phi) is 5.41. The molecule has 3 heterocycles. The van der Waals surface area contributed by atoms with E-state index in [9.17, 15) is 4.39 Å². The first kappa shape index (κ1) is 19.4. The molecule has 0 amide bonds. The Morgan fingerprint density at radius 1 is 0.935 bits per heavy atom. The molecule has 2 aromatic carbocycles. The quantitative estimate of drug-likeness (QED) is 0.525. The minimum Gasteiger partial charge on any atom is -0.378 e. The number of hydrogen-bond donors (Lipinski definition) is 1. The van der Waals surface area contributed by atoms with Crippen LogP contribution in [0.3, 0.4) is 0 Å². The van der Waals surface area contributed by atoms with E-state index in [1.54, 1.807) is 18.3 Å². The molecule has 4 aromatic rings. The summed E-state index contributed by atoms with van der Waals surface area (Å²) in [6.45, 7) is 3.39. The fourth-order valence-electron chi connectivity index (χ4n) is 3.66. The summed E-state index contributed by atoms with van der Waals surface area (Å²) in [7, 11) is 0. The molecule has 7 heteroatoms. The second-order valence-corrected chi connectivity index (χ2v) is 7.39. The van der Waals surface area contributed by atoms with Gasteiger partial charge in [0.05, 0.1) is 31.0 Å². The maximum Gasteiger partial charge on any atom is 0.228 e. The number of rotatable bonds is 5. The first-order chi connectivity index (χ1) is 15.3. The van der Waals surface area contributed by atoms with Crippen molar-refractivity contribution >= 4 is 22.7 Å². The standard InChI is InChI=1S/C24H22FN5O/c25-19-7-4-17(5-8-19)18-6-9-21-22(15-18)28-24(30-11-13-31-14-12-30)29-23(21)27-16-20-3-1-2-10-26-20/h1-10,15H,11-14,16H2,(H,27,28,29). The second-order valence-electron chi connectivity index (χ2n) is 7.39. The molecule has 1 N–H and O–H groups in total. The normalized spacial score (nSPS) is 14.0. The largest absolute Gasteiger partial charge is 0.378 e. The van der Waals surface area contributed by atoms with Crippen molar-refractivity contribution in [2.75, 3.05) is 36.5 Å². The highest BCUT2D eigenvalue weighted by Crippen LogP contribution is 2.29. The highest BCUT2D eigenvalue weighted by molar-refractivity contribution is 5.93. The maximum absolute atomic E-state index is 13.3. The van der Waals surface area contributed by atoms with Gasteiger partial charge >= 0.3 is 0 Å². The molecular weight excluding hydrogens is 393 g/mol. The molecule has 156 valence electrons. The van der Waals surface area contributed by atoms with E-state index >= 15 is 0 Å². The van der Waals surface area contributed by atoms with Gasteiger partial charge < -0.3 is 15.0 Å². The third-order valence-electron chi connectivity index (χ3n) is 5.32. The van der Waals surface area contributed by atoms with Crippen molar-refractivity contribution in [1.29, 1.82) is 0 Å². The van der Waals surface area contributed by atoms with E-state index in [0.717, 1.165) is 46.6 Å². The van der Waals surface area contributed by atoms with E-state index in [2.05, 4.69) is 15.2 Å². The number of anilines is 2. The van der Waals surface area contributed by atoms with Gasteiger partial charge in [0.1, 0.15) is 11.6 Å². The van der Waals surface area contributed by atoms with Crippen molar-refractivity contribution in [3.8, 4) is 11.1 Å². The predicted octanol–water partition coefficient (Wildman–Crippen LogP) is 4.28. The topological polar surface area (TPSA) is 63.2 Å². The Labute approximate surface area is 179 Å². The van der Waals surface area contributed by atoms with Crippen LogP contribution in [0.1, 0.15) is 5.69 Å². The molecule has 0 atom stereocenters. The summed E-state index contributed by atoms with van der Waals surface area (Å²) in [5, 5.41) is 4.36. The Morgan fingerprint density at radius 2 is 1.74 bits per heavy atom. The molecule has 0 aliphatic carbocycles. The van der Waals surface area contributed by atoms with Gasteiger partial charge in [-0.1, -0.05) is 24.3 Å². The zero-order valence-corrected chi connectivity index (χ0v) is 17.0. The van der Waals surface area contributed by atoms with Crippen molar-refractivity contribution in [1.82, 2.24) is 15.0 Å². The SMILES string of the molecule is Fc1ccc(-c2ccc3c(NCc4ccccn4)nc(N4CCOCC4)nc3c2)cc1. The lowest BCUT2D eigenvalue weighted by Gasteiger charge is -2.27. The van der Waals surface area contributed by atoms with Crippen LogP contribution in [0.2, 0.25) is 0 Å². The predicted molar refractivity (Wildman–Crippen MR) is 120 cm³/mol. The zero-order chi connectivity index (χ0) is 21.0. The van der Waals surface area contributed by atoms with Crippen molar-refractivity contribution in [2.24, 2.45) is 0 Å². The lowest BCUT2D eigenvalue weighted by Crippen LogP contribution is -2.37. The summed E-state index contributed by atoms with van der Waals surface area (Å²) in [6, 6.07) is 18.4. The van der Waals surface area contributed by atoms with Crippen molar-refractivity contribution < 1.29 is 9.13 Å². The summed E-state index contributed by atoms with van der Waals surface area (Å²) in [4.78, 5) is 16.2. The average Bonchev–Trinajstić information content (AvgIpc) is 2.83. The fraction of sp³-hybridized carbons (Fsp3) is 0.208. The molecule has 1 saturated heterocycles. The van der Waals surface area contributed by atoms with E-state index in [1.165, 1.54) is 12.1 Å². The van der Waals surface area contributed by atoms with E-state index in [-0.39, 0.29) is 5.82 Å². The molecule has 6 nitrogen and oxygen atoms in total. The number of aromatic nitrogens is 3. The van der Waals surface area contributed by atoms with Crippen LogP contribution in [0.4, 0.5) is 16.2 Å². The number of ether oxygens (including phenoxy) is 1. The summed E-state index contributed by atoms with van der Waals surface area (Å²) in [5.74, 6) is 1.20. The van der Waals surface area contributed by atoms with Crippen LogP contribution >= 0.6 is 0 Å². The molecule has 0 unspecified atom stereocenters. The Bertz CT molecular complexity index is 1180. The molecule has 2 aromatic heterocycles. The Morgan fingerprint density at radius 3 is 2.52 bits per heavy atom. The first-order valence-corrected chi connectivity index (χ1v) is 10.3. The van der Waals surface area contributed by atoms with Crippen LogP contribution in [0.5, 0.6) is 0 Å². The first-order valence-electron chi connectivity index (χ1n) is 10.3. The van der Waals surface area contributed by atoms with Crippen LogP contribution < -0.4 is 10.2 Å². The van der Waals surface area contributed by atoms with Gasteiger partial charge in [-0.15, -0.1) is 0 Å². The molecule has 5 rings (SSSR count). The molecule has 1 fully saturated rings. The number of pyridine rings is 1. The van der Waals surface area contributed by atoms with Gasteiger partial charge in [-0.25, -0.2) is 9.37 Å². The lowest BCUT2D eigenvalue weighted by atomic mass is 10.0. The van der Waals surface area contributed by atoms with Gasteiger partial charge in [-0.05, 0) is 47.5 Å². The van der Waals surface area contributed by atoms with Gasteiger partial charge in [0.2, 0.25) is 5.95 Å². The highest BCUT2D eigenvalue weighted by atomic mass is 19.1. The monoisotopic (exact) mass is 415 g/mol. The van der Waals surface area contributed by atoms with Gasteiger partial charge in [0.25, 0.3) is 0 Å². The van der Waals surface area contributed by atoms with Crippen molar-refractivity contribution in [2.45, 2.75) is 6.54 Å². The van der Waals surface area contributed by atoms with Gasteiger partial charge in [-0.3, -0.25) is 4.98 Å². The number of halogens is 1. The van der Waals surface area contributed by atoms with E-state index in [0.29, 0.717) is 25.7 Å². The van der Waals surface area contributed by atoms with Gasteiger partial charge in [0.15, 0.2) is 0 Å². The van der Waals surface area contributed by atoms with E-state index in [4.69, 9.17) is 14.7 Å². The average molecular weight is 415 g/mol. The van der Waals surface area contributed by atoms with Crippen LogP contribution in [0.25, 0.3) is 22.0 Å². The minimum atomic E-state index is -0.248. The number of nitrogens with one attached hydrogen (secondary N) is 1. The molecule has 0 spiro atoms. The number of benzene rings is 2. The fourth-order valence-corrected chi connectivity index (χ4v) is 3.66. The van der Waals surface area contributed by atoms with E-state index in [1.807, 2.05) is 36.4 Å². The van der Waals surface area contributed by atoms with Crippen molar-refractivity contribution in [3.63, 3.8) is 0 Å². The summed E-state index contributed by atoms with van der Waals surface area (Å²) in [5.41, 5.74) is 3.69. The smallest absolute Gasteiger partial charge is 0.228 e. The van der Waals surface area contributed by atoms with Crippen LogP contribution in [-0.2, 0) is 11.3 Å². The number of hydrogen-bond acceptors (Lipinski definition) is 6. The summed E-state index contributed by atoms with van der Waals surface area (Å²) in [6.07, 6.45) is 1.78. The third kappa shape index (κ3) is 4.32. The molecule has 31 heavy (non-hydrogen) atoms. The molecular formula is C24H22FN5O. The van der Waals surface area contributed by atoms with Gasteiger partial charge in [0, 0.05) is 24.7 Å². The number of nitrogens with zero attached hydrogens (tertiary/aromatic N) is 4. The Hall–Kier alpha value is -3.58. The zero-order valence-electron chi connectivity index (χ0n) is 17.0. The minimum absolute atomic E-state index is 0.248. The number of fused-ring (bicyclic) bond motifs is 1. The molecule has 1 aliphatic heterocycles.